The van der Waals surface area contributed by atoms with Gasteiger partial charge >= 0.3 is 6.09 Å². The molecule has 0 spiro atoms. The number of piperazine rings is 1. The van der Waals surface area contributed by atoms with Crippen molar-refractivity contribution in [1.82, 2.24) is 4.90 Å². The van der Waals surface area contributed by atoms with Crippen molar-refractivity contribution in [2.24, 2.45) is 0 Å². The van der Waals surface area contributed by atoms with Crippen LogP contribution in [-0.2, 0) is 16.0 Å². The number of carbonyl (C=O) groups excluding carboxylic acids is 2. The lowest BCUT2D eigenvalue weighted by Gasteiger charge is -2.37. The zero-order chi connectivity index (χ0) is 18.9. The van der Waals surface area contributed by atoms with Gasteiger partial charge in [0, 0.05) is 44.4 Å². The Morgan fingerprint density at radius 2 is 1.85 bits per heavy atom. The quantitative estimate of drug-likeness (QED) is 0.804. The molecule has 1 saturated heterocycles. The monoisotopic (exact) mass is 361 g/mol. The van der Waals surface area contributed by atoms with Gasteiger partial charge in [0.1, 0.15) is 11.4 Å². The number of aromatic hydroxyl groups is 1. The van der Waals surface area contributed by atoms with Crippen LogP contribution in [0.3, 0.4) is 0 Å². The Labute approximate surface area is 153 Å². The Balaban J connectivity index is 1.69. The minimum absolute atomic E-state index is 0.0122. The average Bonchev–Trinajstić information content (AvgIpc) is 2.73. The summed E-state index contributed by atoms with van der Waals surface area (Å²) in [6.07, 6.45) is 1.81. The van der Waals surface area contributed by atoms with Crippen LogP contribution in [0, 0.1) is 0 Å². The van der Waals surface area contributed by atoms with Crippen molar-refractivity contribution in [3.63, 3.8) is 0 Å². The van der Waals surface area contributed by atoms with Gasteiger partial charge in [-0.1, -0.05) is 0 Å². The minimum atomic E-state index is -0.506. The van der Waals surface area contributed by atoms with Crippen LogP contribution in [0.1, 0.15) is 39.2 Å². The lowest BCUT2D eigenvalue weighted by Crippen LogP contribution is -2.50. The van der Waals surface area contributed by atoms with Crippen molar-refractivity contribution in [3.8, 4) is 5.75 Å². The maximum atomic E-state index is 12.2. The molecule has 142 valence electrons. The number of hydrogen-bond donors (Lipinski definition) is 2. The topological polar surface area (TPSA) is 82.1 Å². The number of phenols is 1. The first-order chi connectivity index (χ1) is 12.2. The number of anilines is 2. The molecule has 0 radical (unpaired) electrons. The van der Waals surface area contributed by atoms with Gasteiger partial charge < -0.3 is 25.0 Å². The van der Waals surface area contributed by atoms with E-state index in [0.29, 0.717) is 38.3 Å². The summed E-state index contributed by atoms with van der Waals surface area (Å²) in [6.45, 7) is 7.90. The number of amides is 2. The van der Waals surface area contributed by atoms with Crippen molar-refractivity contribution >= 4 is 23.4 Å². The number of ether oxygens (including phenoxy) is 1. The molecule has 2 amide bonds. The molecule has 7 heteroatoms. The predicted molar refractivity (Wildman–Crippen MR) is 99.7 cm³/mol. The molecule has 1 fully saturated rings. The second kappa shape index (κ2) is 7.05. The molecule has 2 aliphatic rings. The first-order valence-electron chi connectivity index (χ1n) is 9.11. The fourth-order valence-electron chi connectivity index (χ4n) is 3.31. The zero-order valence-corrected chi connectivity index (χ0v) is 15.7. The van der Waals surface area contributed by atoms with E-state index in [1.807, 2.05) is 26.8 Å². The number of phenolic OH excluding ortho intramolecular Hbond substituents is 1. The molecule has 3 rings (SSSR count). The van der Waals surface area contributed by atoms with Crippen LogP contribution in [-0.4, -0.2) is 53.8 Å². The number of fused-ring (bicyclic) bond motifs is 1. The molecule has 0 atom stereocenters. The van der Waals surface area contributed by atoms with E-state index in [0.717, 1.165) is 24.1 Å². The summed E-state index contributed by atoms with van der Waals surface area (Å²) in [6, 6.07) is 3.59. The minimum Gasteiger partial charge on any atom is -0.506 e. The molecule has 1 aromatic rings. The van der Waals surface area contributed by atoms with Gasteiger partial charge in [-0.05, 0) is 45.2 Å². The number of carbonyl (C=O) groups is 2. The van der Waals surface area contributed by atoms with E-state index in [4.69, 9.17) is 4.74 Å². The Morgan fingerprint density at radius 3 is 2.50 bits per heavy atom. The third-order valence-corrected chi connectivity index (χ3v) is 4.60. The molecule has 1 aromatic carbocycles. The molecule has 2 aliphatic heterocycles. The standard InChI is InChI=1S/C19H27N3O4/c1-19(2,3)26-18(25)22-9-7-21(8-10-22)15-11-13-5-4-6-17(24)20-14(13)12-16(15)23/h11-12,23H,4-10H2,1-3H3,(H,20,24). The Hall–Kier alpha value is -2.44. The number of nitrogens with zero attached hydrogens (tertiary/aromatic N) is 2. The van der Waals surface area contributed by atoms with Crippen LogP contribution < -0.4 is 10.2 Å². The van der Waals surface area contributed by atoms with Gasteiger partial charge in [0.2, 0.25) is 5.91 Å². The summed E-state index contributed by atoms with van der Waals surface area (Å²) in [4.78, 5) is 27.6. The molecule has 26 heavy (non-hydrogen) atoms. The Kier molecular flexibility index (Phi) is 4.98. The van der Waals surface area contributed by atoms with Gasteiger partial charge in [-0.3, -0.25) is 4.79 Å². The molecular formula is C19H27N3O4. The molecule has 0 saturated carbocycles. The molecule has 0 bridgehead atoms. The number of benzene rings is 1. The van der Waals surface area contributed by atoms with Crippen molar-refractivity contribution in [2.75, 3.05) is 36.4 Å². The lowest BCUT2D eigenvalue weighted by molar-refractivity contribution is -0.116. The van der Waals surface area contributed by atoms with Gasteiger partial charge in [0.15, 0.2) is 0 Å². The smallest absolute Gasteiger partial charge is 0.410 e. The zero-order valence-electron chi connectivity index (χ0n) is 15.7. The maximum absolute atomic E-state index is 12.2. The highest BCUT2D eigenvalue weighted by atomic mass is 16.6. The van der Waals surface area contributed by atoms with Crippen LogP contribution in [0.15, 0.2) is 12.1 Å². The Morgan fingerprint density at radius 1 is 1.15 bits per heavy atom. The SMILES string of the molecule is CC(C)(C)OC(=O)N1CCN(c2cc3c(cc2O)NC(=O)CCC3)CC1. The first kappa shape index (κ1) is 18.4. The van der Waals surface area contributed by atoms with Crippen molar-refractivity contribution in [3.05, 3.63) is 17.7 Å². The third-order valence-electron chi connectivity index (χ3n) is 4.60. The summed E-state index contributed by atoms with van der Waals surface area (Å²) in [5.74, 6) is 0.138. The van der Waals surface area contributed by atoms with Crippen LogP contribution in [0.5, 0.6) is 5.75 Å². The second-order valence-corrected chi connectivity index (χ2v) is 7.85. The van der Waals surface area contributed by atoms with E-state index < -0.39 is 5.60 Å². The number of aryl methyl sites for hydroxylation is 1. The van der Waals surface area contributed by atoms with Crippen molar-refractivity contribution in [2.45, 2.75) is 45.6 Å². The molecule has 2 heterocycles. The third kappa shape index (κ3) is 4.20. The summed E-state index contributed by atoms with van der Waals surface area (Å²) < 4.78 is 5.42. The number of nitrogens with one attached hydrogen (secondary N) is 1. The molecule has 0 unspecified atom stereocenters. The van der Waals surface area contributed by atoms with Crippen LogP contribution >= 0.6 is 0 Å². The van der Waals surface area contributed by atoms with E-state index >= 15 is 0 Å². The van der Waals surface area contributed by atoms with Gasteiger partial charge in [0.05, 0.1) is 5.69 Å². The normalized spacial score (nSPS) is 18.0. The molecular weight excluding hydrogens is 334 g/mol. The van der Waals surface area contributed by atoms with Gasteiger partial charge in [-0.15, -0.1) is 0 Å². The van der Waals surface area contributed by atoms with Crippen LogP contribution in [0.25, 0.3) is 0 Å². The van der Waals surface area contributed by atoms with Crippen molar-refractivity contribution < 1.29 is 19.4 Å². The van der Waals surface area contributed by atoms with E-state index in [2.05, 4.69) is 10.2 Å². The van der Waals surface area contributed by atoms with E-state index in [1.54, 1.807) is 11.0 Å². The fraction of sp³-hybridized carbons (Fsp3) is 0.579. The Bertz CT molecular complexity index is 703. The van der Waals surface area contributed by atoms with Crippen LogP contribution in [0.4, 0.5) is 16.2 Å². The van der Waals surface area contributed by atoms with Crippen LogP contribution in [0.2, 0.25) is 0 Å². The largest absolute Gasteiger partial charge is 0.506 e. The number of rotatable bonds is 1. The highest BCUT2D eigenvalue weighted by Crippen LogP contribution is 2.36. The van der Waals surface area contributed by atoms with Gasteiger partial charge in [-0.2, -0.15) is 0 Å². The highest BCUT2D eigenvalue weighted by Gasteiger charge is 2.27. The molecule has 0 aliphatic carbocycles. The molecule has 0 aromatic heterocycles. The summed E-state index contributed by atoms with van der Waals surface area (Å²) in [5.41, 5.74) is 1.98. The second-order valence-electron chi connectivity index (χ2n) is 7.85. The summed E-state index contributed by atoms with van der Waals surface area (Å²) in [7, 11) is 0. The van der Waals surface area contributed by atoms with E-state index in [1.165, 1.54) is 0 Å². The fourth-order valence-corrected chi connectivity index (χ4v) is 3.31. The van der Waals surface area contributed by atoms with Gasteiger partial charge in [0.25, 0.3) is 0 Å². The van der Waals surface area contributed by atoms with Gasteiger partial charge in [-0.25, -0.2) is 4.79 Å². The van der Waals surface area contributed by atoms with E-state index in [9.17, 15) is 14.7 Å². The highest BCUT2D eigenvalue weighted by molar-refractivity contribution is 5.93. The lowest BCUT2D eigenvalue weighted by atomic mass is 10.1. The summed E-state index contributed by atoms with van der Waals surface area (Å²) >= 11 is 0. The van der Waals surface area contributed by atoms with Crippen molar-refractivity contribution in [1.29, 1.82) is 0 Å². The number of hydrogen-bond acceptors (Lipinski definition) is 5. The maximum Gasteiger partial charge on any atom is 0.410 e. The predicted octanol–water partition coefficient (Wildman–Crippen LogP) is 2.72. The van der Waals surface area contributed by atoms with E-state index in [-0.39, 0.29) is 17.7 Å². The first-order valence-corrected chi connectivity index (χ1v) is 9.11. The summed E-state index contributed by atoms with van der Waals surface area (Å²) in [5, 5.41) is 13.3. The molecule has 7 nitrogen and oxygen atoms in total. The average molecular weight is 361 g/mol. The molecule has 2 N–H and O–H groups in total.